The van der Waals surface area contributed by atoms with Crippen LogP contribution in [0.25, 0.3) is 27.8 Å². The maximum Gasteiger partial charge on any atom is 0.410 e. The average molecular weight is 476 g/mol. The van der Waals surface area contributed by atoms with Crippen molar-refractivity contribution in [3.05, 3.63) is 53.5 Å². The summed E-state index contributed by atoms with van der Waals surface area (Å²) in [5.41, 5.74) is 6.96. The van der Waals surface area contributed by atoms with Crippen LogP contribution in [-0.2, 0) is 9.47 Å². The molecule has 0 spiro atoms. The van der Waals surface area contributed by atoms with Gasteiger partial charge in [-0.05, 0) is 68.5 Å². The molecule has 1 amide bonds. The number of hydrogen-bond donors (Lipinski definition) is 1. The number of carbonyl (C=O) groups is 1. The molecular formula is C27H33N5O3. The average Bonchev–Trinajstić information content (AvgIpc) is 3.42. The molecule has 0 radical (unpaired) electrons. The van der Waals surface area contributed by atoms with Gasteiger partial charge in [-0.15, -0.1) is 0 Å². The van der Waals surface area contributed by atoms with Gasteiger partial charge < -0.3 is 19.4 Å². The lowest BCUT2D eigenvalue weighted by molar-refractivity contribution is -0.0432. The molecule has 1 aliphatic heterocycles. The van der Waals surface area contributed by atoms with E-state index in [9.17, 15) is 4.79 Å². The minimum atomic E-state index is -0.523. The van der Waals surface area contributed by atoms with E-state index in [1.807, 2.05) is 31.5 Å². The molecule has 0 aliphatic carbocycles. The zero-order valence-corrected chi connectivity index (χ0v) is 21.3. The Morgan fingerprint density at radius 1 is 1.26 bits per heavy atom. The van der Waals surface area contributed by atoms with Crippen molar-refractivity contribution < 1.29 is 14.3 Å². The Kier molecular flexibility index (Phi) is 5.79. The van der Waals surface area contributed by atoms with Crippen molar-refractivity contribution in [2.24, 2.45) is 0 Å². The number of aromatic amines is 1. The van der Waals surface area contributed by atoms with E-state index < -0.39 is 5.60 Å². The minimum Gasteiger partial charge on any atom is -0.444 e. The van der Waals surface area contributed by atoms with Crippen LogP contribution in [0, 0.1) is 6.92 Å². The van der Waals surface area contributed by atoms with Gasteiger partial charge >= 0.3 is 6.09 Å². The Bertz CT molecular complexity index is 1400. The highest BCUT2D eigenvalue weighted by Crippen LogP contribution is 2.38. The molecule has 1 N–H and O–H groups in total. The third-order valence-electron chi connectivity index (χ3n) is 6.38. The predicted molar refractivity (Wildman–Crippen MR) is 136 cm³/mol. The number of ether oxygens (including phenoxy) is 2. The molecule has 4 aromatic rings. The fourth-order valence-corrected chi connectivity index (χ4v) is 4.83. The van der Waals surface area contributed by atoms with Crippen molar-refractivity contribution in [1.29, 1.82) is 0 Å². The second-order valence-corrected chi connectivity index (χ2v) is 10.6. The number of amides is 1. The van der Waals surface area contributed by atoms with Crippen LogP contribution < -0.4 is 0 Å². The summed E-state index contributed by atoms with van der Waals surface area (Å²) in [6.07, 6.45) is 3.11. The van der Waals surface area contributed by atoms with E-state index in [0.29, 0.717) is 25.6 Å². The summed E-state index contributed by atoms with van der Waals surface area (Å²) in [7, 11) is 0. The van der Waals surface area contributed by atoms with E-state index in [1.165, 1.54) is 10.9 Å². The van der Waals surface area contributed by atoms with Gasteiger partial charge in [0.25, 0.3) is 0 Å². The second kappa shape index (κ2) is 8.68. The van der Waals surface area contributed by atoms with Crippen molar-refractivity contribution in [3.8, 4) is 11.3 Å². The van der Waals surface area contributed by atoms with Gasteiger partial charge in [-0.1, -0.05) is 19.9 Å². The van der Waals surface area contributed by atoms with Crippen LogP contribution in [0.15, 0.2) is 36.8 Å². The molecule has 1 saturated heterocycles. The van der Waals surface area contributed by atoms with Crippen LogP contribution in [0.4, 0.5) is 4.79 Å². The molecular weight excluding hydrogens is 442 g/mol. The maximum absolute atomic E-state index is 12.6. The number of nitrogens with zero attached hydrogens (tertiary/aromatic N) is 4. The van der Waals surface area contributed by atoms with Crippen LogP contribution in [0.2, 0.25) is 0 Å². The zero-order chi connectivity index (χ0) is 24.9. The summed E-state index contributed by atoms with van der Waals surface area (Å²) in [6, 6.07) is 8.55. The fourth-order valence-electron chi connectivity index (χ4n) is 4.83. The summed E-state index contributed by atoms with van der Waals surface area (Å²) in [5.74, 6) is 0.297. The van der Waals surface area contributed by atoms with E-state index >= 15 is 0 Å². The molecule has 1 aromatic carbocycles. The number of nitrogens with one attached hydrogen (secondary N) is 1. The number of hydrogen-bond acceptors (Lipinski definition) is 5. The van der Waals surface area contributed by atoms with Gasteiger partial charge in [0.15, 0.2) is 5.65 Å². The molecule has 8 heteroatoms. The molecule has 5 rings (SSSR count). The van der Waals surface area contributed by atoms with Crippen molar-refractivity contribution in [1.82, 2.24) is 24.5 Å². The molecule has 0 bridgehead atoms. The number of pyridine rings is 1. The van der Waals surface area contributed by atoms with Gasteiger partial charge in [0.1, 0.15) is 18.0 Å². The minimum absolute atomic E-state index is 0.201. The van der Waals surface area contributed by atoms with Crippen LogP contribution in [-0.4, -0.2) is 55.9 Å². The van der Waals surface area contributed by atoms with Crippen LogP contribution in [0.5, 0.6) is 0 Å². The summed E-state index contributed by atoms with van der Waals surface area (Å²) in [6.45, 7) is 13.6. The molecule has 1 atom stereocenters. The number of H-pyrrole nitrogens is 1. The third-order valence-corrected chi connectivity index (χ3v) is 6.38. The molecule has 0 saturated carbocycles. The number of aromatic nitrogens is 4. The molecule has 8 nitrogen and oxygen atoms in total. The Morgan fingerprint density at radius 3 is 2.80 bits per heavy atom. The first-order chi connectivity index (χ1) is 16.6. The maximum atomic E-state index is 12.6. The lowest BCUT2D eigenvalue weighted by Crippen LogP contribution is -2.44. The first-order valence-electron chi connectivity index (χ1n) is 12.2. The quantitative estimate of drug-likeness (QED) is 0.416. The number of carbonyl (C=O) groups excluding carboxylic acids is 1. The standard InChI is InChI=1S/C27H33N5O3/c1-16(2)23-20-12-18(22-14-31(9-10-34-22)26(33)35-27(4,5)6)7-8-21(20)30-24(23)19-11-17(3)25-28-15-29-32(25)13-19/h7-8,11-13,15-16,22,30H,9-10,14H2,1-6H3. The van der Waals surface area contributed by atoms with Gasteiger partial charge in [-0.25, -0.2) is 14.3 Å². The highest BCUT2D eigenvalue weighted by Gasteiger charge is 2.29. The normalized spacial score (nSPS) is 17.0. The van der Waals surface area contributed by atoms with Gasteiger partial charge in [0.05, 0.1) is 18.8 Å². The van der Waals surface area contributed by atoms with Gasteiger partial charge in [-0.3, -0.25) is 0 Å². The third kappa shape index (κ3) is 4.50. The highest BCUT2D eigenvalue weighted by molar-refractivity contribution is 5.92. The fraction of sp³-hybridized carbons (Fsp3) is 0.444. The predicted octanol–water partition coefficient (Wildman–Crippen LogP) is 5.62. The number of morpholine rings is 1. The second-order valence-electron chi connectivity index (χ2n) is 10.6. The van der Waals surface area contributed by atoms with Crippen molar-refractivity contribution in [3.63, 3.8) is 0 Å². The SMILES string of the molecule is Cc1cc(-c2[nH]c3ccc(C4CN(C(=O)OC(C)(C)C)CCO4)cc3c2C(C)C)cn2ncnc12. The number of benzene rings is 1. The molecule has 1 aliphatic rings. The van der Waals surface area contributed by atoms with Crippen LogP contribution in [0.1, 0.15) is 63.3 Å². The lowest BCUT2D eigenvalue weighted by Gasteiger charge is -2.34. The van der Waals surface area contributed by atoms with Crippen molar-refractivity contribution in [2.45, 2.75) is 59.2 Å². The van der Waals surface area contributed by atoms with Gasteiger partial charge in [-0.2, -0.15) is 5.10 Å². The molecule has 1 unspecified atom stereocenters. The lowest BCUT2D eigenvalue weighted by atomic mass is 9.94. The molecule has 3 aromatic heterocycles. The van der Waals surface area contributed by atoms with E-state index in [1.54, 1.807) is 11.2 Å². The number of fused-ring (bicyclic) bond motifs is 2. The van der Waals surface area contributed by atoms with Gasteiger partial charge in [0.2, 0.25) is 0 Å². The summed E-state index contributed by atoms with van der Waals surface area (Å²) in [4.78, 5) is 22.4. The topological polar surface area (TPSA) is 84.8 Å². The van der Waals surface area contributed by atoms with E-state index in [-0.39, 0.29) is 12.2 Å². The summed E-state index contributed by atoms with van der Waals surface area (Å²) < 4.78 is 13.5. The van der Waals surface area contributed by atoms with E-state index in [2.05, 4.69) is 60.1 Å². The molecule has 184 valence electrons. The van der Waals surface area contributed by atoms with E-state index in [0.717, 1.165) is 33.5 Å². The van der Waals surface area contributed by atoms with E-state index in [4.69, 9.17) is 9.47 Å². The van der Waals surface area contributed by atoms with Crippen molar-refractivity contribution in [2.75, 3.05) is 19.7 Å². The Labute approximate surface area is 205 Å². The Morgan fingerprint density at radius 2 is 2.06 bits per heavy atom. The number of aryl methyl sites for hydroxylation is 1. The summed E-state index contributed by atoms with van der Waals surface area (Å²) in [5, 5.41) is 5.51. The monoisotopic (exact) mass is 475 g/mol. The van der Waals surface area contributed by atoms with Gasteiger partial charge in [0, 0.05) is 29.2 Å². The highest BCUT2D eigenvalue weighted by atomic mass is 16.6. The first-order valence-corrected chi connectivity index (χ1v) is 12.2. The molecule has 4 heterocycles. The smallest absolute Gasteiger partial charge is 0.410 e. The molecule has 35 heavy (non-hydrogen) atoms. The largest absolute Gasteiger partial charge is 0.444 e. The zero-order valence-electron chi connectivity index (χ0n) is 21.3. The Balaban J connectivity index is 1.51. The molecule has 1 fully saturated rings. The van der Waals surface area contributed by atoms with Crippen LogP contribution >= 0.6 is 0 Å². The number of rotatable bonds is 3. The first kappa shape index (κ1) is 23.4. The van der Waals surface area contributed by atoms with Crippen LogP contribution in [0.3, 0.4) is 0 Å². The van der Waals surface area contributed by atoms with Crippen molar-refractivity contribution >= 4 is 22.6 Å². The Hall–Kier alpha value is -3.39. The summed E-state index contributed by atoms with van der Waals surface area (Å²) >= 11 is 0.